The van der Waals surface area contributed by atoms with Crippen LogP contribution in [0, 0.1) is 5.82 Å². The van der Waals surface area contributed by atoms with E-state index in [0.29, 0.717) is 5.56 Å². The molecule has 1 amide bonds. The van der Waals surface area contributed by atoms with E-state index < -0.39 is 0 Å². The molecule has 2 aromatic rings. The highest BCUT2D eigenvalue weighted by Crippen LogP contribution is 2.38. The van der Waals surface area contributed by atoms with Crippen molar-refractivity contribution in [2.75, 3.05) is 12.3 Å². The minimum Gasteiger partial charge on any atom is -0.322 e. The summed E-state index contributed by atoms with van der Waals surface area (Å²) in [6.45, 7) is 0.723. The van der Waals surface area contributed by atoms with Crippen molar-refractivity contribution >= 4 is 17.7 Å². The molecule has 4 heteroatoms. The van der Waals surface area contributed by atoms with Gasteiger partial charge < -0.3 is 4.90 Å². The number of halogens is 1. The van der Waals surface area contributed by atoms with Crippen molar-refractivity contribution in [3.05, 3.63) is 71.5 Å². The molecule has 1 heterocycles. The molecule has 0 aromatic heterocycles. The van der Waals surface area contributed by atoms with Gasteiger partial charge in [-0.05, 0) is 29.8 Å². The standard InChI is InChI=1S/C16H14FNOS/c17-14-8-6-13(7-9-14)16-18(10-11-20-16)15(19)12-4-2-1-3-5-12/h1-9,16H,10-11H2. The van der Waals surface area contributed by atoms with Gasteiger partial charge in [0.2, 0.25) is 0 Å². The lowest BCUT2D eigenvalue weighted by molar-refractivity contribution is 0.0760. The minimum absolute atomic E-state index is 0.0247. The molecule has 0 radical (unpaired) electrons. The van der Waals surface area contributed by atoms with Gasteiger partial charge >= 0.3 is 0 Å². The van der Waals surface area contributed by atoms with Gasteiger partial charge in [-0.25, -0.2) is 4.39 Å². The largest absolute Gasteiger partial charge is 0.322 e. The molecule has 20 heavy (non-hydrogen) atoms. The number of amides is 1. The number of rotatable bonds is 2. The Labute approximate surface area is 121 Å². The number of nitrogens with zero attached hydrogens (tertiary/aromatic N) is 1. The molecule has 2 aromatic carbocycles. The topological polar surface area (TPSA) is 20.3 Å². The number of thioether (sulfide) groups is 1. The third-order valence-electron chi connectivity index (χ3n) is 3.33. The zero-order chi connectivity index (χ0) is 13.9. The number of hydrogen-bond donors (Lipinski definition) is 0. The van der Waals surface area contributed by atoms with E-state index in [0.717, 1.165) is 17.9 Å². The summed E-state index contributed by atoms with van der Waals surface area (Å²) in [5, 5.41) is -0.0247. The van der Waals surface area contributed by atoms with Gasteiger partial charge in [0.25, 0.3) is 5.91 Å². The Bertz CT molecular complexity index is 600. The van der Waals surface area contributed by atoms with Gasteiger partial charge in [0.05, 0.1) is 0 Å². The molecule has 0 N–H and O–H groups in total. The van der Waals surface area contributed by atoms with Crippen LogP contribution in [0.4, 0.5) is 4.39 Å². The van der Waals surface area contributed by atoms with Gasteiger partial charge in [-0.1, -0.05) is 30.3 Å². The van der Waals surface area contributed by atoms with E-state index >= 15 is 0 Å². The number of carbonyl (C=O) groups is 1. The highest BCUT2D eigenvalue weighted by molar-refractivity contribution is 7.99. The Hall–Kier alpha value is -1.81. The quantitative estimate of drug-likeness (QED) is 0.839. The van der Waals surface area contributed by atoms with Gasteiger partial charge in [0.15, 0.2) is 0 Å². The fourth-order valence-electron chi connectivity index (χ4n) is 2.33. The van der Waals surface area contributed by atoms with E-state index in [2.05, 4.69) is 0 Å². The molecule has 0 aliphatic carbocycles. The number of hydrogen-bond acceptors (Lipinski definition) is 2. The Morgan fingerprint density at radius 2 is 1.80 bits per heavy atom. The predicted molar refractivity (Wildman–Crippen MR) is 79.1 cm³/mol. The molecule has 0 spiro atoms. The molecule has 3 rings (SSSR count). The van der Waals surface area contributed by atoms with Crippen molar-refractivity contribution in [3.63, 3.8) is 0 Å². The van der Waals surface area contributed by atoms with Crippen LogP contribution in [0.2, 0.25) is 0 Å². The first-order valence-corrected chi connectivity index (χ1v) is 7.53. The van der Waals surface area contributed by atoms with Gasteiger partial charge in [-0.2, -0.15) is 0 Å². The third kappa shape index (κ3) is 2.56. The van der Waals surface area contributed by atoms with Crippen molar-refractivity contribution < 1.29 is 9.18 Å². The molecular formula is C16H14FNOS. The van der Waals surface area contributed by atoms with E-state index in [-0.39, 0.29) is 17.1 Å². The molecule has 1 aliphatic heterocycles. The molecule has 1 saturated heterocycles. The summed E-state index contributed by atoms with van der Waals surface area (Å²) >= 11 is 1.72. The van der Waals surface area contributed by atoms with Gasteiger partial charge in [0, 0.05) is 17.9 Å². The summed E-state index contributed by atoms with van der Waals surface area (Å²) in [4.78, 5) is 14.4. The maximum Gasteiger partial charge on any atom is 0.255 e. The lowest BCUT2D eigenvalue weighted by Crippen LogP contribution is -2.30. The number of benzene rings is 2. The normalized spacial score (nSPS) is 18.2. The average Bonchev–Trinajstić information content (AvgIpc) is 2.97. The average molecular weight is 287 g/mol. The summed E-state index contributed by atoms with van der Waals surface area (Å²) in [7, 11) is 0. The summed E-state index contributed by atoms with van der Waals surface area (Å²) in [6, 6.07) is 15.7. The lowest BCUT2D eigenvalue weighted by atomic mass is 10.1. The maximum atomic E-state index is 13.0. The molecule has 1 aliphatic rings. The van der Waals surface area contributed by atoms with E-state index in [9.17, 15) is 9.18 Å². The summed E-state index contributed by atoms with van der Waals surface area (Å²) in [5.41, 5.74) is 1.67. The second-order valence-corrected chi connectivity index (χ2v) is 5.83. The van der Waals surface area contributed by atoms with E-state index in [4.69, 9.17) is 0 Å². The molecule has 1 unspecified atom stereocenters. The SMILES string of the molecule is O=C(c1ccccc1)N1CCSC1c1ccc(F)cc1. The van der Waals surface area contributed by atoms with E-state index in [1.807, 2.05) is 35.2 Å². The summed E-state index contributed by atoms with van der Waals surface area (Å²) in [5.74, 6) is 0.684. The van der Waals surface area contributed by atoms with Crippen molar-refractivity contribution in [1.29, 1.82) is 0 Å². The third-order valence-corrected chi connectivity index (χ3v) is 4.59. The zero-order valence-corrected chi connectivity index (χ0v) is 11.6. The molecule has 0 bridgehead atoms. The van der Waals surface area contributed by atoms with Crippen LogP contribution in [0.1, 0.15) is 21.3 Å². The van der Waals surface area contributed by atoms with Crippen molar-refractivity contribution in [3.8, 4) is 0 Å². The Balaban J connectivity index is 1.86. The van der Waals surface area contributed by atoms with E-state index in [1.165, 1.54) is 12.1 Å². The molecule has 2 nitrogen and oxygen atoms in total. The van der Waals surface area contributed by atoms with Crippen LogP contribution in [0.3, 0.4) is 0 Å². The van der Waals surface area contributed by atoms with Crippen molar-refractivity contribution in [2.45, 2.75) is 5.37 Å². The Morgan fingerprint density at radius 1 is 1.10 bits per heavy atom. The van der Waals surface area contributed by atoms with Crippen LogP contribution in [0.25, 0.3) is 0 Å². The van der Waals surface area contributed by atoms with E-state index in [1.54, 1.807) is 23.9 Å². The van der Waals surface area contributed by atoms with Crippen LogP contribution >= 0.6 is 11.8 Å². The monoisotopic (exact) mass is 287 g/mol. The first-order valence-electron chi connectivity index (χ1n) is 6.49. The highest BCUT2D eigenvalue weighted by atomic mass is 32.2. The molecule has 1 fully saturated rings. The van der Waals surface area contributed by atoms with Crippen LogP contribution in [-0.2, 0) is 0 Å². The van der Waals surface area contributed by atoms with Gasteiger partial charge in [-0.3, -0.25) is 4.79 Å². The molecule has 0 saturated carbocycles. The smallest absolute Gasteiger partial charge is 0.255 e. The Morgan fingerprint density at radius 3 is 2.50 bits per heavy atom. The fraction of sp³-hybridized carbons (Fsp3) is 0.188. The lowest BCUT2D eigenvalue weighted by Gasteiger charge is -2.24. The maximum absolute atomic E-state index is 13.0. The fourth-order valence-corrected chi connectivity index (χ4v) is 3.58. The second-order valence-electron chi connectivity index (χ2n) is 4.64. The van der Waals surface area contributed by atoms with Gasteiger partial charge in [0.1, 0.15) is 11.2 Å². The minimum atomic E-state index is -0.252. The van der Waals surface area contributed by atoms with Crippen molar-refractivity contribution in [2.24, 2.45) is 0 Å². The second kappa shape index (κ2) is 5.67. The van der Waals surface area contributed by atoms with Gasteiger partial charge in [-0.15, -0.1) is 11.8 Å². The zero-order valence-electron chi connectivity index (χ0n) is 10.8. The van der Waals surface area contributed by atoms with Crippen LogP contribution in [0.15, 0.2) is 54.6 Å². The van der Waals surface area contributed by atoms with Crippen LogP contribution < -0.4 is 0 Å². The molecule has 1 atom stereocenters. The summed E-state index contributed by atoms with van der Waals surface area (Å²) < 4.78 is 13.0. The Kier molecular flexibility index (Phi) is 3.74. The number of carbonyl (C=O) groups excluding carboxylic acids is 1. The first kappa shape index (κ1) is 13.2. The summed E-state index contributed by atoms with van der Waals surface area (Å²) in [6.07, 6.45) is 0. The first-order chi connectivity index (χ1) is 9.75. The molecular weight excluding hydrogens is 273 g/mol. The predicted octanol–water partition coefficient (Wildman–Crippen LogP) is 3.71. The van der Waals surface area contributed by atoms with Crippen LogP contribution in [0.5, 0.6) is 0 Å². The highest BCUT2D eigenvalue weighted by Gasteiger charge is 2.31. The molecule has 102 valence electrons. The van der Waals surface area contributed by atoms with Crippen molar-refractivity contribution in [1.82, 2.24) is 4.90 Å². The van der Waals surface area contributed by atoms with Crippen LogP contribution in [-0.4, -0.2) is 23.1 Å².